The Morgan fingerprint density at radius 3 is 2.54 bits per heavy atom. The summed E-state index contributed by atoms with van der Waals surface area (Å²) in [4.78, 5) is 27.8. The highest BCUT2D eigenvalue weighted by atomic mass is 35.5. The number of halogens is 1. The molecular formula is C16H23ClN4O2S. The first kappa shape index (κ1) is 18.7. The van der Waals surface area contributed by atoms with Crippen molar-refractivity contribution in [2.24, 2.45) is 5.73 Å². The molecule has 0 bridgehead atoms. The number of hydrogen-bond acceptors (Lipinski definition) is 4. The summed E-state index contributed by atoms with van der Waals surface area (Å²) in [5.74, 6) is 0.720. The molecule has 3 N–H and O–H groups in total. The quantitative estimate of drug-likeness (QED) is 0.800. The van der Waals surface area contributed by atoms with Crippen LogP contribution in [0, 0.1) is 0 Å². The van der Waals surface area contributed by atoms with Gasteiger partial charge >= 0.3 is 6.03 Å². The first-order valence-electron chi connectivity index (χ1n) is 7.86. The van der Waals surface area contributed by atoms with Crippen LogP contribution in [0.2, 0.25) is 5.02 Å². The maximum Gasteiger partial charge on any atom is 0.312 e. The van der Waals surface area contributed by atoms with E-state index in [-0.39, 0.29) is 5.91 Å². The number of nitrogens with two attached hydrogens (primary N) is 1. The number of carbonyl (C=O) groups excluding carboxylic acids is 2. The van der Waals surface area contributed by atoms with E-state index in [4.69, 9.17) is 17.3 Å². The zero-order chi connectivity index (χ0) is 17.5. The molecule has 24 heavy (non-hydrogen) atoms. The van der Waals surface area contributed by atoms with Gasteiger partial charge in [0.05, 0.1) is 10.7 Å². The molecule has 1 heterocycles. The van der Waals surface area contributed by atoms with Crippen molar-refractivity contribution in [2.75, 3.05) is 43.1 Å². The highest BCUT2D eigenvalue weighted by Crippen LogP contribution is 2.26. The number of nitrogens with one attached hydrogen (secondary N) is 1. The van der Waals surface area contributed by atoms with Gasteiger partial charge < -0.3 is 20.9 Å². The lowest BCUT2D eigenvalue weighted by atomic mass is 10.1. The predicted molar refractivity (Wildman–Crippen MR) is 99.8 cm³/mol. The Bertz CT molecular complexity index is 579. The molecule has 1 aliphatic rings. The number of para-hydroxylation sites is 1. The van der Waals surface area contributed by atoms with Crippen molar-refractivity contribution in [3.8, 4) is 0 Å². The zero-order valence-electron chi connectivity index (χ0n) is 13.7. The van der Waals surface area contributed by atoms with Gasteiger partial charge in [0.25, 0.3) is 0 Å². The van der Waals surface area contributed by atoms with Crippen molar-refractivity contribution in [2.45, 2.75) is 12.5 Å². The van der Waals surface area contributed by atoms with E-state index in [0.29, 0.717) is 37.6 Å². The minimum atomic E-state index is -0.663. The molecule has 2 rings (SSSR count). The van der Waals surface area contributed by atoms with E-state index in [1.165, 1.54) is 0 Å². The van der Waals surface area contributed by atoms with Crippen molar-refractivity contribution in [3.63, 3.8) is 0 Å². The third-order valence-electron chi connectivity index (χ3n) is 4.01. The maximum atomic E-state index is 12.7. The van der Waals surface area contributed by atoms with Gasteiger partial charge in [0, 0.05) is 26.2 Å². The second-order valence-electron chi connectivity index (χ2n) is 5.61. The molecule has 1 aliphatic heterocycles. The Hall–Kier alpha value is -1.60. The third kappa shape index (κ3) is 4.95. The van der Waals surface area contributed by atoms with E-state index in [2.05, 4.69) is 10.2 Å². The van der Waals surface area contributed by atoms with Crippen LogP contribution >= 0.6 is 23.4 Å². The number of primary amides is 1. The van der Waals surface area contributed by atoms with Gasteiger partial charge in [-0.15, -0.1) is 0 Å². The molecule has 0 aliphatic carbocycles. The fourth-order valence-electron chi connectivity index (χ4n) is 2.76. The molecule has 1 fully saturated rings. The molecule has 1 aromatic carbocycles. The maximum absolute atomic E-state index is 12.7. The number of piperazine rings is 1. The predicted octanol–water partition coefficient (Wildman–Crippen LogP) is 1.78. The molecule has 0 saturated carbocycles. The highest BCUT2D eigenvalue weighted by Gasteiger charge is 2.28. The van der Waals surface area contributed by atoms with Gasteiger partial charge in [-0.1, -0.05) is 23.7 Å². The molecule has 1 aromatic rings. The molecule has 0 radical (unpaired) electrons. The summed E-state index contributed by atoms with van der Waals surface area (Å²) in [6.07, 6.45) is 2.54. The number of thioether (sulfide) groups is 1. The molecule has 1 atom stereocenters. The Morgan fingerprint density at radius 1 is 1.29 bits per heavy atom. The largest absolute Gasteiger partial charge is 0.367 e. The summed E-state index contributed by atoms with van der Waals surface area (Å²) in [6.45, 7) is 2.61. The number of nitrogens with zero attached hydrogens (tertiary/aromatic N) is 2. The van der Waals surface area contributed by atoms with E-state index in [1.54, 1.807) is 16.7 Å². The summed E-state index contributed by atoms with van der Waals surface area (Å²) in [5, 5.41) is 3.28. The van der Waals surface area contributed by atoms with Gasteiger partial charge in [-0.05, 0) is 30.6 Å². The fourth-order valence-corrected chi connectivity index (χ4v) is 3.49. The third-order valence-corrected chi connectivity index (χ3v) is 4.97. The van der Waals surface area contributed by atoms with Crippen LogP contribution in [0.4, 0.5) is 10.5 Å². The van der Waals surface area contributed by atoms with Crippen molar-refractivity contribution < 1.29 is 9.59 Å². The van der Waals surface area contributed by atoms with Crippen LogP contribution < -0.4 is 16.0 Å². The number of amides is 3. The average Bonchev–Trinajstić information content (AvgIpc) is 2.58. The molecule has 8 heteroatoms. The number of benzene rings is 1. The Morgan fingerprint density at radius 2 is 1.96 bits per heavy atom. The minimum absolute atomic E-state index is 0.0679. The van der Waals surface area contributed by atoms with Crippen LogP contribution in [0.15, 0.2) is 24.3 Å². The number of rotatable bonds is 6. The summed E-state index contributed by atoms with van der Waals surface area (Å²) >= 11 is 7.87. The molecular weight excluding hydrogens is 348 g/mol. The molecule has 3 amide bonds. The lowest BCUT2D eigenvalue weighted by Gasteiger charge is -2.37. The van der Waals surface area contributed by atoms with E-state index >= 15 is 0 Å². The SMILES string of the molecule is CSCCC(NC(N)=O)C(=O)N1CCN(c2ccccc2Cl)CC1. The van der Waals surface area contributed by atoms with E-state index < -0.39 is 12.1 Å². The van der Waals surface area contributed by atoms with Crippen molar-refractivity contribution >= 4 is 41.0 Å². The summed E-state index contributed by atoms with van der Waals surface area (Å²) in [5.41, 5.74) is 6.18. The number of urea groups is 1. The van der Waals surface area contributed by atoms with Gasteiger partial charge in [0.15, 0.2) is 0 Å². The van der Waals surface area contributed by atoms with Crippen molar-refractivity contribution in [1.29, 1.82) is 0 Å². The van der Waals surface area contributed by atoms with Gasteiger partial charge in [0.2, 0.25) is 5.91 Å². The first-order chi connectivity index (χ1) is 11.5. The normalized spacial score (nSPS) is 15.9. The van der Waals surface area contributed by atoms with Crippen LogP contribution in [0.1, 0.15) is 6.42 Å². The van der Waals surface area contributed by atoms with Crippen molar-refractivity contribution in [1.82, 2.24) is 10.2 Å². The Labute approximate surface area is 151 Å². The smallest absolute Gasteiger partial charge is 0.312 e. The van der Waals surface area contributed by atoms with E-state index in [0.717, 1.165) is 11.4 Å². The first-order valence-corrected chi connectivity index (χ1v) is 9.63. The lowest BCUT2D eigenvalue weighted by Crippen LogP contribution is -2.55. The van der Waals surface area contributed by atoms with E-state index in [9.17, 15) is 9.59 Å². The number of hydrogen-bond donors (Lipinski definition) is 2. The van der Waals surface area contributed by atoms with Crippen LogP contribution in [0.25, 0.3) is 0 Å². The summed E-state index contributed by atoms with van der Waals surface area (Å²) in [7, 11) is 0. The number of carbonyl (C=O) groups is 2. The van der Waals surface area contributed by atoms with Crippen LogP contribution in [-0.2, 0) is 4.79 Å². The van der Waals surface area contributed by atoms with Crippen LogP contribution in [-0.4, -0.2) is 61.1 Å². The molecule has 1 saturated heterocycles. The average molecular weight is 371 g/mol. The van der Waals surface area contributed by atoms with E-state index in [1.807, 2.05) is 30.5 Å². The summed E-state index contributed by atoms with van der Waals surface area (Å²) < 4.78 is 0. The lowest BCUT2D eigenvalue weighted by molar-refractivity contribution is -0.133. The highest BCUT2D eigenvalue weighted by molar-refractivity contribution is 7.98. The second kappa shape index (κ2) is 9.03. The van der Waals surface area contributed by atoms with Gasteiger partial charge in [-0.2, -0.15) is 11.8 Å². The molecule has 0 aromatic heterocycles. The van der Waals surface area contributed by atoms with Gasteiger partial charge in [-0.3, -0.25) is 4.79 Å². The minimum Gasteiger partial charge on any atom is -0.367 e. The Balaban J connectivity index is 1.95. The standard InChI is InChI=1S/C16H23ClN4O2S/c1-24-11-6-13(19-16(18)23)15(22)21-9-7-20(8-10-21)14-5-3-2-4-12(14)17/h2-5,13H,6-11H2,1H3,(H3,18,19,23). The van der Waals surface area contributed by atoms with Crippen LogP contribution in [0.5, 0.6) is 0 Å². The fraction of sp³-hybridized carbons (Fsp3) is 0.500. The topological polar surface area (TPSA) is 78.7 Å². The molecule has 1 unspecified atom stereocenters. The number of anilines is 1. The molecule has 6 nitrogen and oxygen atoms in total. The molecule has 0 spiro atoms. The summed E-state index contributed by atoms with van der Waals surface area (Å²) in [6, 6.07) is 6.48. The Kier molecular flexibility index (Phi) is 7.05. The molecule has 132 valence electrons. The zero-order valence-corrected chi connectivity index (χ0v) is 15.3. The van der Waals surface area contributed by atoms with Crippen molar-refractivity contribution in [3.05, 3.63) is 29.3 Å². The van der Waals surface area contributed by atoms with Gasteiger partial charge in [0.1, 0.15) is 6.04 Å². The second-order valence-corrected chi connectivity index (χ2v) is 7.00. The van der Waals surface area contributed by atoms with Crippen LogP contribution in [0.3, 0.4) is 0 Å². The monoisotopic (exact) mass is 370 g/mol. The van der Waals surface area contributed by atoms with Gasteiger partial charge in [-0.25, -0.2) is 4.79 Å².